The summed E-state index contributed by atoms with van der Waals surface area (Å²) in [5.41, 5.74) is 3.16. The van der Waals surface area contributed by atoms with Crippen LogP contribution in [0, 0.1) is 6.92 Å². The molecule has 1 aromatic carbocycles. The predicted octanol–water partition coefficient (Wildman–Crippen LogP) is 1.96. The molecule has 0 spiro atoms. The maximum absolute atomic E-state index is 12.1. The van der Waals surface area contributed by atoms with Crippen molar-refractivity contribution in [2.24, 2.45) is 0 Å². The summed E-state index contributed by atoms with van der Waals surface area (Å²) in [7, 11) is 0. The van der Waals surface area contributed by atoms with Gasteiger partial charge in [0.1, 0.15) is 19.5 Å². The first-order chi connectivity index (χ1) is 11.7. The first-order valence-electron chi connectivity index (χ1n) is 8.51. The van der Waals surface area contributed by atoms with Gasteiger partial charge in [-0.25, -0.2) is 0 Å². The summed E-state index contributed by atoms with van der Waals surface area (Å²) < 4.78 is 10.4. The lowest BCUT2D eigenvalue weighted by Crippen LogP contribution is -2.46. The van der Waals surface area contributed by atoms with E-state index in [1.807, 2.05) is 12.1 Å². The van der Waals surface area contributed by atoms with Gasteiger partial charge in [-0.2, -0.15) is 0 Å². The quantitative estimate of drug-likeness (QED) is 0.914. The van der Waals surface area contributed by atoms with Crippen molar-refractivity contribution in [1.82, 2.24) is 4.90 Å². The molecule has 0 bridgehead atoms. The zero-order valence-electron chi connectivity index (χ0n) is 14.4. The third kappa shape index (κ3) is 3.82. The Morgan fingerprint density at radius 3 is 2.62 bits per heavy atom. The molecular formula is C18H25N3O3. The fraction of sp³-hybridized carbons (Fsp3) is 0.500. The van der Waals surface area contributed by atoms with Crippen LogP contribution in [0.2, 0.25) is 0 Å². The average molecular weight is 331 g/mol. The molecule has 1 N–H and O–H groups in total. The summed E-state index contributed by atoms with van der Waals surface area (Å²) >= 11 is 0. The molecule has 0 aliphatic carbocycles. The van der Waals surface area contributed by atoms with Crippen LogP contribution in [-0.4, -0.2) is 56.7 Å². The topological polar surface area (TPSA) is 54.0 Å². The van der Waals surface area contributed by atoms with Crippen LogP contribution in [0.1, 0.15) is 12.5 Å². The largest absolute Gasteiger partial charge is 0.494 e. The predicted molar refractivity (Wildman–Crippen MR) is 94.1 cm³/mol. The summed E-state index contributed by atoms with van der Waals surface area (Å²) in [5, 5.41) is 2.86. The Morgan fingerprint density at radius 2 is 2.00 bits per heavy atom. The first-order valence-corrected chi connectivity index (χ1v) is 8.51. The summed E-state index contributed by atoms with van der Waals surface area (Å²) in [5.74, 6) is -0.0583. The van der Waals surface area contributed by atoms with Crippen molar-refractivity contribution in [3.8, 4) is 0 Å². The van der Waals surface area contributed by atoms with Crippen LogP contribution in [0.25, 0.3) is 0 Å². The number of ether oxygens (including phenoxy) is 2. The van der Waals surface area contributed by atoms with Crippen molar-refractivity contribution < 1.29 is 14.3 Å². The number of carbonyl (C=O) groups excluding carboxylic acids is 1. The van der Waals surface area contributed by atoms with Crippen LogP contribution in [0.5, 0.6) is 0 Å². The summed E-state index contributed by atoms with van der Waals surface area (Å²) in [6, 6.07) is 6.03. The lowest BCUT2D eigenvalue weighted by molar-refractivity contribution is -0.117. The number of amides is 1. The first kappa shape index (κ1) is 16.6. The van der Waals surface area contributed by atoms with E-state index < -0.39 is 0 Å². The number of hydrogen-bond acceptors (Lipinski definition) is 5. The molecule has 3 rings (SSSR count). The lowest BCUT2D eigenvalue weighted by atomic mass is 10.1. The van der Waals surface area contributed by atoms with Crippen LogP contribution in [-0.2, 0) is 14.3 Å². The normalized spacial score (nSPS) is 18.4. The number of nitrogens with one attached hydrogen (secondary N) is 1. The van der Waals surface area contributed by atoms with Gasteiger partial charge in [0.25, 0.3) is 5.91 Å². The number of anilines is 2. The Kier molecular flexibility index (Phi) is 5.25. The Morgan fingerprint density at radius 1 is 1.21 bits per heavy atom. The minimum absolute atomic E-state index is 0.221. The van der Waals surface area contributed by atoms with Gasteiger partial charge < -0.3 is 24.6 Å². The molecule has 24 heavy (non-hydrogen) atoms. The molecular weight excluding hydrogens is 306 g/mol. The molecule has 0 radical (unpaired) electrons. The highest BCUT2D eigenvalue weighted by atomic mass is 16.6. The number of nitrogens with zero attached hydrogens (tertiary/aromatic N) is 2. The van der Waals surface area contributed by atoms with Gasteiger partial charge in [-0.3, -0.25) is 4.79 Å². The highest BCUT2D eigenvalue weighted by Crippen LogP contribution is 2.25. The van der Waals surface area contributed by atoms with E-state index in [1.54, 1.807) is 0 Å². The number of hydrogen-bond donors (Lipinski definition) is 1. The molecule has 0 saturated carbocycles. The van der Waals surface area contributed by atoms with Crippen LogP contribution < -0.4 is 10.2 Å². The molecule has 2 aliphatic rings. The number of carbonyl (C=O) groups is 1. The van der Waals surface area contributed by atoms with Gasteiger partial charge in [0.2, 0.25) is 5.76 Å². The van der Waals surface area contributed by atoms with Crippen molar-refractivity contribution in [1.29, 1.82) is 0 Å². The molecule has 0 unspecified atom stereocenters. The maximum Gasteiger partial charge on any atom is 0.294 e. The molecule has 130 valence electrons. The maximum atomic E-state index is 12.1. The van der Waals surface area contributed by atoms with E-state index in [0.29, 0.717) is 13.2 Å². The van der Waals surface area contributed by atoms with Gasteiger partial charge in [0, 0.05) is 37.6 Å². The van der Waals surface area contributed by atoms with Crippen LogP contribution in [0.4, 0.5) is 11.4 Å². The smallest absolute Gasteiger partial charge is 0.294 e. The molecule has 1 aromatic rings. The number of rotatable bonds is 4. The van der Waals surface area contributed by atoms with E-state index in [1.165, 1.54) is 11.9 Å². The highest BCUT2D eigenvalue weighted by Gasteiger charge is 2.18. The number of piperazine rings is 1. The SMILES string of the molecule is CCN1CCN(c2ccc(NC(=O)C3=COCCO3)cc2C)CC1. The standard InChI is InChI=1S/C18H25N3O3/c1-3-20-6-8-21(9-7-20)16-5-4-15(12-14(16)2)19-18(22)17-13-23-10-11-24-17/h4-5,12-13H,3,6-11H2,1-2H3,(H,19,22). The molecule has 1 amide bonds. The minimum Gasteiger partial charge on any atom is -0.494 e. The van der Waals surface area contributed by atoms with Gasteiger partial charge in [-0.05, 0) is 37.2 Å². The third-order valence-electron chi connectivity index (χ3n) is 4.49. The van der Waals surface area contributed by atoms with Gasteiger partial charge in [-0.15, -0.1) is 0 Å². The molecule has 6 heteroatoms. The zero-order chi connectivity index (χ0) is 16.9. The van der Waals surface area contributed by atoms with E-state index in [0.717, 1.165) is 44.0 Å². The Balaban J connectivity index is 1.64. The summed E-state index contributed by atoms with van der Waals surface area (Å²) in [6.07, 6.45) is 1.37. The monoisotopic (exact) mass is 331 g/mol. The van der Waals surface area contributed by atoms with Gasteiger partial charge in [-0.1, -0.05) is 6.92 Å². The summed E-state index contributed by atoms with van der Waals surface area (Å²) in [4.78, 5) is 17.0. The van der Waals surface area contributed by atoms with Crippen molar-refractivity contribution in [2.75, 3.05) is 56.2 Å². The molecule has 1 saturated heterocycles. The summed E-state index contributed by atoms with van der Waals surface area (Å²) in [6.45, 7) is 10.6. The Hall–Kier alpha value is -2.21. The van der Waals surface area contributed by atoms with Crippen molar-refractivity contribution in [3.05, 3.63) is 35.8 Å². The van der Waals surface area contributed by atoms with Crippen LogP contribution >= 0.6 is 0 Å². The fourth-order valence-corrected chi connectivity index (χ4v) is 3.07. The number of likely N-dealkylation sites (N-methyl/N-ethyl adjacent to an activating group) is 1. The number of benzene rings is 1. The molecule has 6 nitrogen and oxygen atoms in total. The molecule has 1 fully saturated rings. The minimum atomic E-state index is -0.279. The van der Waals surface area contributed by atoms with Crippen LogP contribution in [0.3, 0.4) is 0 Å². The number of aryl methyl sites for hydroxylation is 1. The van der Waals surface area contributed by atoms with Gasteiger partial charge >= 0.3 is 0 Å². The highest BCUT2D eigenvalue weighted by molar-refractivity contribution is 6.02. The zero-order valence-corrected chi connectivity index (χ0v) is 14.4. The van der Waals surface area contributed by atoms with Crippen LogP contribution in [0.15, 0.2) is 30.2 Å². The second kappa shape index (κ2) is 7.57. The van der Waals surface area contributed by atoms with Gasteiger partial charge in [0.15, 0.2) is 0 Å². The van der Waals surface area contributed by atoms with Crippen molar-refractivity contribution in [3.63, 3.8) is 0 Å². The Labute approximate surface area is 143 Å². The molecule has 2 heterocycles. The third-order valence-corrected chi connectivity index (χ3v) is 4.49. The molecule has 0 aromatic heterocycles. The van der Waals surface area contributed by atoms with Crippen molar-refractivity contribution in [2.45, 2.75) is 13.8 Å². The van der Waals surface area contributed by atoms with Crippen molar-refractivity contribution >= 4 is 17.3 Å². The molecule has 0 atom stereocenters. The fourth-order valence-electron chi connectivity index (χ4n) is 3.07. The average Bonchev–Trinajstić information content (AvgIpc) is 2.63. The Bertz CT molecular complexity index is 622. The van der Waals surface area contributed by atoms with Gasteiger partial charge in [0.05, 0.1) is 0 Å². The lowest BCUT2D eigenvalue weighted by Gasteiger charge is -2.36. The van der Waals surface area contributed by atoms with E-state index >= 15 is 0 Å². The van der Waals surface area contributed by atoms with E-state index in [2.05, 4.69) is 35.0 Å². The second-order valence-electron chi connectivity index (χ2n) is 6.08. The second-order valence-corrected chi connectivity index (χ2v) is 6.08. The molecule has 2 aliphatic heterocycles. The van der Waals surface area contributed by atoms with E-state index in [4.69, 9.17) is 9.47 Å². The van der Waals surface area contributed by atoms with E-state index in [9.17, 15) is 4.79 Å². The van der Waals surface area contributed by atoms with E-state index in [-0.39, 0.29) is 11.7 Å².